The Morgan fingerprint density at radius 3 is 2.79 bits per heavy atom. The normalized spacial score (nSPS) is 11.2. The van der Waals surface area contributed by atoms with Crippen molar-refractivity contribution in [2.45, 2.75) is 26.5 Å². The minimum atomic E-state index is 0.285. The van der Waals surface area contributed by atoms with Crippen molar-refractivity contribution in [3.05, 3.63) is 21.8 Å². The van der Waals surface area contributed by atoms with Crippen LogP contribution in [0.1, 0.15) is 25.6 Å². The lowest BCUT2D eigenvalue weighted by Gasteiger charge is -2.12. The van der Waals surface area contributed by atoms with Gasteiger partial charge in [0.1, 0.15) is 11.5 Å². The number of rotatable bonds is 4. The Kier molecular flexibility index (Phi) is 4.35. The van der Waals surface area contributed by atoms with Crippen molar-refractivity contribution in [3.63, 3.8) is 0 Å². The quantitative estimate of drug-likeness (QED) is 0.832. The number of halogens is 1. The maximum absolute atomic E-state index is 5.94. The predicted molar refractivity (Wildman–Crippen MR) is 81.5 cm³/mol. The molecule has 0 aliphatic heterocycles. The van der Waals surface area contributed by atoms with Gasteiger partial charge in [0.25, 0.3) is 0 Å². The Morgan fingerprint density at radius 1 is 1.42 bits per heavy atom. The van der Waals surface area contributed by atoms with Crippen LogP contribution in [0.25, 0.3) is 11.5 Å². The second-order valence-electron chi connectivity index (χ2n) is 4.41. The fourth-order valence-corrected chi connectivity index (χ4v) is 2.15. The Morgan fingerprint density at radius 2 is 2.16 bits per heavy atom. The Labute approximate surface area is 125 Å². The van der Waals surface area contributed by atoms with E-state index in [4.69, 9.17) is 10.5 Å². The molecule has 0 aromatic carbocycles. The van der Waals surface area contributed by atoms with Crippen molar-refractivity contribution >= 4 is 28.4 Å². The van der Waals surface area contributed by atoms with Gasteiger partial charge in [-0.05, 0) is 36.4 Å². The lowest BCUT2D eigenvalue weighted by Crippen LogP contribution is -2.09. The van der Waals surface area contributed by atoms with E-state index in [1.165, 1.54) is 0 Å². The summed E-state index contributed by atoms with van der Waals surface area (Å²) < 4.78 is 7.99. The largest absolute Gasteiger partial charge is 0.383 e. The topological polar surface area (TPSA) is 78.9 Å². The molecule has 0 aliphatic carbocycles. The molecule has 0 amide bonds. The van der Waals surface area contributed by atoms with Crippen LogP contribution >= 0.6 is 22.6 Å². The Hall–Kier alpha value is -1.22. The van der Waals surface area contributed by atoms with Gasteiger partial charge in [-0.15, -0.1) is 0 Å². The molecule has 0 unspecified atom stereocenters. The van der Waals surface area contributed by atoms with Crippen molar-refractivity contribution in [2.75, 3.05) is 12.8 Å². The maximum Gasteiger partial charge on any atom is 0.180 e. The number of nitrogens with two attached hydrogens (primary N) is 1. The van der Waals surface area contributed by atoms with Crippen LogP contribution in [0.2, 0.25) is 0 Å². The fourth-order valence-electron chi connectivity index (χ4n) is 1.75. The predicted octanol–water partition coefficient (Wildman–Crippen LogP) is 2.25. The SMILES string of the molecule is COCc1nc(-c2cncn2C(C)C)nc(N)c1I. The molecule has 2 heterocycles. The van der Waals surface area contributed by atoms with Crippen LogP contribution < -0.4 is 5.73 Å². The number of anilines is 1. The molecule has 2 rings (SSSR count). The van der Waals surface area contributed by atoms with Gasteiger partial charge in [-0.2, -0.15) is 0 Å². The number of ether oxygens (including phenoxy) is 1. The highest BCUT2D eigenvalue weighted by atomic mass is 127. The van der Waals surface area contributed by atoms with E-state index in [0.29, 0.717) is 18.2 Å². The molecule has 0 atom stereocenters. The first-order valence-electron chi connectivity index (χ1n) is 5.87. The minimum Gasteiger partial charge on any atom is -0.383 e. The van der Waals surface area contributed by atoms with Crippen molar-refractivity contribution in [1.29, 1.82) is 0 Å². The third-order valence-electron chi connectivity index (χ3n) is 2.68. The zero-order valence-corrected chi connectivity index (χ0v) is 13.2. The van der Waals surface area contributed by atoms with E-state index in [1.807, 2.05) is 4.57 Å². The van der Waals surface area contributed by atoms with Gasteiger partial charge < -0.3 is 15.0 Å². The molecule has 0 aliphatic rings. The molecule has 2 aromatic heterocycles. The first kappa shape index (κ1) is 14.2. The van der Waals surface area contributed by atoms with Crippen LogP contribution in [0.5, 0.6) is 0 Å². The standard InChI is InChI=1S/C12H16IN5O/c1-7(2)18-6-15-4-9(18)12-16-8(5-19-3)10(13)11(14)17-12/h4,6-7H,5H2,1-3H3,(H2,14,16,17). The van der Waals surface area contributed by atoms with E-state index < -0.39 is 0 Å². The van der Waals surface area contributed by atoms with Gasteiger partial charge in [0.15, 0.2) is 5.82 Å². The number of imidazole rings is 1. The molecule has 19 heavy (non-hydrogen) atoms. The number of nitrogen functional groups attached to an aromatic ring is 1. The van der Waals surface area contributed by atoms with E-state index in [1.54, 1.807) is 19.6 Å². The second-order valence-corrected chi connectivity index (χ2v) is 5.48. The number of hydrogen-bond acceptors (Lipinski definition) is 5. The third kappa shape index (κ3) is 2.86. The van der Waals surface area contributed by atoms with Crippen LogP contribution in [0, 0.1) is 3.57 Å². The number of nitrogens with zero attached hydrogens (tertiary/aromatic N) is 4. The van der Waals surface area contributed by atoms with E-state index >= 15 is 0 Å². The second kappa shape index (κ2) is 5.83. The van der Waals surface area contributed by atoms with Crippen molar-refractivity contribution in [1.82, 2.24) is 19.5 Å². The summed E-state index contributed by atoms with van der Waals surface area (Å²) in [5, 5.41) is 0. The summed E-state index contributed by atoms with van der Waals surface area (Å²) in [7, 11) is 1.63. The first-order chi connectivity index (χ1) is 9.04. The lowest BCUT2D eigenvalue weighted by atomic mass is 10.3. The molecule has 0 saturated heterocycles. The molecular formula is C12H16IN5O. The smallest absolute Gasteiger partial charge is 0.180 e. The summed E-state index contributed by atoms with van der Waals surface area (Å²) in [4.78, 5) is 13.0. The maximum atomic E-state index is 5.94. The third-order valence-corrected chi connectivity index (χ3v) is 3.85. The number of hydrogen-bond donors (Lipinski definition) is 1. The zero-order chi connectivity index (χ0) is 14.0. The Bertz CT molecular complexity index is 581. The molecule has 0 fully saturated rings. The van der Waals surface area contributed by atoms with E-state index in [9.17, 15) is 0 Å². The van der Waals surface area contributed by atoms with E-state index in [-0.39, 0.29) is 6.04 Å². The number of aromatic nitrogens is 4. The van der Waals surface area contributed by atoms with Gasteiger partial charge >= 0.3 is 0 Å². The van der Waals surface area contributed by atoms with Crippen LogP contribution in [0.4, 0.5) is 5.82 Å². The van der Waals surface area contributed by atoms with Crippen molar-refractivity contribution in [2.24, 2.45) is 0 Å². The molecule has 0 spiro atoms. The van der Waals surface area contributed by atoms with Crippen LogP contribution in [-0.4, -0.2) is 26.6 Å². The highest BCUT2D eigenvalue weighted by Crippen LogP contribution is 2.24. The van der Waals surface area contributed by atoms with Gasteiger partial charge in [0, 0.05) is 13.2 Å². The first-order valence-corrected chi connectivity index (χ1v) is 6.95. The van der Waals surface area contributed by atoms with Crippen LogP contribution in [0.3, 0.4) is 0 Å². The van der Waals surface area contributed by atoms with Crippen molar-refractivity contribution in [3.8, 4) is 11.5 Å². The molecule has 102 valence electrons. The summed E-state index contributed by atoms with van der Waals surface area (Å²) in [6, 6.07) is 0.285. The van der Waals surface area contributed by atoms with Gasteiger partial charge in [0.05, 0.1) is 28.4 Å². The fraction of sp³-hybridized carbons (Fsp3) is 0.417. The van der Waals surface area contributed by atoms with E-state index in [2.05, 4.69) is 51.4 Å². The van der Waals surface area contributed by atoms with Crippen LogP contribution in [0.15, 0.2) is 12.5 Å². The minimum absolute atomic E-state index is 0.285. The summed E-state index contributed by atoms with van der Waals surface area (Å²) in [6.07, 6.45) is 3.52. The molecule has 2 aromatic rings. The van der Waals surface area contributed by atoms with E-state index in [0.717, 1.165) is 15.0 Å². The molecule has 2 N–H and O–H groups in total. The summed E-state index contributed by atoms with van der Waals surface area (Å²) in [6.45, 7) is 4.57. The average Bonchev–Trinajstić information content (AvgIpc) is 2.84. The summed E-state index contributed by atoms with van der Waals surface area (Å²) in [5.74, 6) is 1.05. The van der Waals surface area contributed by atoms with Crippen LogP contribution in [-0.2, 0) is 11.3 Å². The zero-order valence-electron chi connectivity index (χ0n) is 11.1. The molecule has 0 radical (unpaired) electrons. The molecule has 7 heteroatoms. The van der Waals surface area contributed by atoms with Gasteiger partial charge in [-0.3, -0.25) is 0 Å². The van der Waals surface area contributed by atoms with Crippen molar-refractivity contribution < 1.29 is 4.74 Å². The van der Waals surface area contributed by atoms with Gasteiger partial charge in [0.2, 0.25) is 0 Å². The lowest BCUT2D eigenvalue weighted by molar-refractivity contribution is 0.181. The highest BCUT2D eigenvalue weighted by Gasteiger charge is 2.15. The average molecular weight is 373 g/mol. The summed E-state index contributed by atoms with van der Waals surface area (Å²) in [5.41, 5.74) is 7.59. The Balaban J connectivity index is 2.53. The molecule has 0 saturated carbocycles. The highest BCUT2D eigenvalue weighted by molar-refractivity contribution is 14.1. The monoisotopic (exact) mass is 373 g/mol. The van der Waals surface area contributed by atoms with Gasteiger partial charge in [-0.25, -0.2) is 15.0 Å². The molecular weight excluding hydrogens is 357 g/mol. The molecule has 0 bridgehead atoms. The number of methoxy groups -OCH3 is 1. The van der Waals surface area contributed by atoms with Gasteiger partial charge in [-0.1, -0.05) is 0 Å². The molecule has 6 nitrogen and oxygen atoms in total. The summed E-state index contributed by atoms with van der Waals surface area (Å²) >= 11 is 2.13.